The Morgan fingerprint density at radius 1 is 1.50 bits per heavy atom. The van der Waals surface area contributed by atoms with Crippen molar-refractivity contribution < 1.29 is 9.50 Å². The highest BCUT2D eigenvalue weighted by molar-refractivity contribution is 5.50. The van der Waals surface area contributed by atoms with E-state index < -0.39 is 0 Å². The molecule has 2 rings (SSSR count). The summed E-state index contributed by atoms with van der Waals surface area (Å²) in [6, 6.07) is 5.35. The Balaban J connectivity index is 2.01. The van der Waals surface area contributed by atoms with Gasteiger partial charge in [-0.15, -0.1) is 0 Å². The predicted molar refractivity (Wildman–Crippen MR) is 71.2 cm³/mol. The number of halogens is 1. The predicted octanol–water partition coefficient (Wildman–Crippen LogP) is 1.90. The molecule has 1 aliphatic heterocycles. The number of rotatable bonds is 5. The average Bonchev–Trinajstić information content (AvgIpc) is 2.76. The fourth-order valence-corrected chi connectivity index (χ4v) is 2.29. The van der Waals surface area contributed by atoms with Crippen LogP contribution in [0.1, 0.15) is 25.3 Å². The van der Waals surface area contributed by atoms with Gasteiger partial charge in [0.25, 0.3) is 0 Å². The molecule has 3 nitrogen and oxygen atoms in total. The fourth-order valence-electron chi connectivity index (χ4n) is 2.29. The van der Waals surface area contributed by atoms with Gasteiger partial charge in [-0.25, -0.2) is 4.39 Å². The monoisotopic (exact) mass is 252 g/mol. The highest BCUT2D eigenvalue weighted by atomic mass is 19.1. The number of anilines is 1. The summed E-state index contributed by atoms with van der Waals surface area (Å²) in [5.74, 6) is -0.195. The smallest absolute Gasteiger partial charge is 0.146 e. The van der Waals surface area contributed by atoms with Crippen LogP contribution in [0.25, 0.3) is 0 Å². The van der Waals surface area contributed by atoms with E-state index in [1.165, 1.54) is 0 Å². The summed E-state index contributed by atoms with van der Waals surface area (Å²) >= 11 is 0. The SMILES string of the molecule is CCCNCc1ccc(N2CCC(O)C2)c(F)c1. The van der Waals surface area contributed by atoms with Crippen LogP contribution in [0, 0.1) is 5.82 Å². The molecule has 1 atom stereocenters. The minimum absolute atomic E-state index is 0.195. The maximum atomic E-state index is 14.0. The number of hydrogen-bond acceptors (Lipinski definition) is 3. The third-order valence-corrected chi connectivity index (χ3v) is 3.27. The Bertz CT molecular complexity index is 397. The van der Waals surface area contributed by atoms with Gasteiger partial charge >= 0.3 is 0 Å². The highest BCUT2D eigenvalue weighted by Gasteiger charge is 2.22. The molecule has 100 valence electrons. The Morgan fingerprint density at radius 2 is 2.33 bits per heavy atom. The summed E-state index contributed by atoms with van der Waals surface area (Å²) < 4.78 is 14.0. The molecule has 1 fully saturated rings. The van der Waals surface area contributed by atoms with Crippen LogP contribution >= 0.6 is 0 Å². The maximum Gasteiger partial charge on any atom is 0.146 e. The number of benzene rings is 1. The first-order valence-electron chi connectivity index (χ1n) is 6.63. The van der Waals surface area contributed by atoms with Crippen molar-refractivity contribution in [1.82, 2.24) is 5.32 Å². The summed E-state index contributed by atoms with van der Waals surface area (Å²) in [6.45, 7) is 5.01. The molecule has 1 saturated heterocycles. The topological polar surface area (TPSA) is 35.5 Å². The van der Waals surface area contributed by atoms with Gasteiger partial charge in [0.15, 0.2) is 0 Å². The number of aliphatic hydroxyl groups excluding tert-OH is 1. The normalized spacial score (nSPS) is 19.5. The van der Waals surface area contributed by atoms with E-state index in [0.29, 0.717) is 18.8 Å². The maximum absolute atomic E-state index is 14.0. The summed E-state index contributed by atoms with van der Waals surface area (Å²) in [5, 5.41) is 12.7. The van der Waals surface area contributed by atoms with Crippen LogP contribution in [-0.4, -0.2) is 30.8 Å². The van der Waals surface area contributed by atoms with Crippen LogP contribution in [0.15, 0.2) is 18.2 Å². The van der Waals surface area contributed by atoms with Crippen LogP contribution in [0.4, 0.5) is 10.1 Å². The second-order valence-corrected chi connectivity index (χ2v) is 4.85. The van der Waals surface area contributed by atoms with Crippen LogP contribution < -0.4 is 10.2 Å². The molecule has 1 heterocycles. The molecule has 0 radical (unpaired) electrons. The lowest BCUT2D eigenvalue weighted by molar-refractivity contribution is 0.198. The fraction of sp³-hybridized carbons (Fsp3) is 0.571. The average molecular weight is 252 g/mol. The molecule has 1 aromatic carbocycles. The minimum Gasteiger partial charge on any atom is -0.391 e. The van der Waals surface area contributed by atoms with E-state index in [1.54, 1.807) is 6.07 Å². The Kier molecular flexibility index (Phi) is 4.55. The van der Waals surface area contributed by atoms with E-state index in [2.05, 4.69) is 12.2 Å². The van der Waals surface area contributed by atoms with Crippen molar-refractivity contribution in [2.45, 2.75) is 32.4 Å². The van der Waals surface area contributed by atoms with Crippen molar-refractivity contribution in [1.29, 1.82) is 0 Å². The van der Waals surface area contributed by atoms with E-state index in [4.69, 9.17) is 0 Å². The van der Waals surface area contributed by atoms with Gasteiger partial charge in [0.05, 0.1) is 11.8 Å². The minimum atomic E-state index is -0.324. The van der Waals surface area contributed by atoms with E-state index >= 15 is 0 Å². The zero-order valence-electron chi connectivity index (χ0n) is 10.8. The zero-order valence-corrected chi connectivity index (χ0v) is 10.8. The molecule has 18 heavy (non-hydrogen) atoms. The number of nitrogens with zero attached hydrogens (tertiary/aromatic N) is 1. The lowest BCUT2D eigenvalue weighted by atomic mass is 10.2. The molecular formula is C14H21FN2O. The van der Waals surface area contributed by atoms with E-state index in [0.717, 1.165) is 31.5 Å². The lowest BCUT2D eigenvalue weighted by Crippen LogP contribution is -2.22. The third-order valence-electron chi connectivity index (χ3n) is 3.27. The first-order chi connectivity index (χ1) is 8.70. The summed E-state index contributed by atoms with van der Waals surface area (Å²) in [6.07, 6.45) is 1.47. The third kappa shape index (κ3) is 3.21. The van der Waals surface area contributed by atoms with E-state index in [9.17, 15) is 9.50 Å². The van der Waals surface area contributed by atoms with Crippen LogP contribution in [0.5, 0.6) is 0 Å². The summed E-state index contributed by atoms with van der Waals surface area (Å²) in [7, 11) is 0. The Morgan fingerprint density at radius 3 is 2.94 bits per heavy atom. The molecular weight excluding hydrogens is 231 g/mol. The van der Waals surface area contributed by atoms with Gasteiger partial charge in [-0.1, -0.05) is 13.0 Å². The van der Waals surface area contributed by atoms with Crippen LogP contribution in [-0.2, 0) is 6.54 Å². The molecule has 1 aliphatic rings. The first-order valence-corrected chi connectivity index (χ1v) is 6.63. The molecule has 1 unspecified atom stereocenters. The van der Waals surface area contributed by atoms with Gasteiger partial charge in [-0.2, -0.15) is 0 Å². The highest BCUT2D eigenvalue weighted by Crippen LogP contribution is 2.24. The van der Waals surface area contributed by atoms with Crippen molar-refractivity contribution in [3.05, 3.63) is 29.6 Å². The molecule has 0 saturated carbocycles. The molecule has 0 spiro atoms. The van der Waals surface area contributed by atoms with Gasteiger partial charge in [0.2, 0.25) is 0 Å². The van der Waals surface area contributed by atoms with Gasteiger partial charge in [-0.05, 0) is 37.1 Å². The first kappa shape index (κ1) is 13.3. The standard InChI is InChI=1S/C14H21FN2O/c1-2-6-16-9-11-3-4-14(13(15)8-11)17-7-5-12(18)10-17/h3-4,8,12,16,18H,2,5-7,9-10H2,1H3. The van der Waals surface area contributed by atoms with Gasteiger partial charge < -0.3 is 15.3 Å². The van der Waals surface area contributed by atoms with Crippen LogP contribution in [0.3, 0.4) is 0 Å². The van der Waals surface area contributed by atoms with Gasteiger partial charge in [0.1, 0.15) is 5.82 Å². The Hall–Kier alpha value is -1.13. The molecule has 0 bridgehead atoms. The lowest BCUT2D eigenvalue weighted by Gasteiger charge is -2.19. The summed E-state index contributed by atoms with van der Waals surface area (Å²) in [5.41, 5.74) is 1.57. The largest absolute Gasteiger partial charge is 0.391 e. The zero-order chi connectivity index (χ0) is 13.0. The van der Waals surface area contributed by atoms with Crippen LogP contribution in [0.2, 0.25) is 0 Å². The van der Waals surface area contributed by atoms with Crippen molar-refractivity contribution in [3.63, 3.8) is 0 Å². The number of β-amino-alcohol motifs (C(OH)–C–C–N with tert-alkyl or cyclic N) is 1. The molecule has 0 aliphatic carbocycles. The molecule has 2 N–H and O–H groups in total. The van der Waals surface area contributed by atoms with Crippen molar-refractivity contribution in [3.8, 4) is 0 Å². The molecule has 1 aromatic rings. The summed E-state index contributed by atoms with van der Waals surface area (Å²) in [4.78, 5) is 1.91. The Labute approximate surface area is 108 Å². The van der Waals surface area contributed by atoms with Crippen molar-refractivity contribution in [2.75, 3.05) is 24.5 Å². The molecule has 4 heteroatoms. The van der Waals surface area contributed by atoms with Crippen molar-refractivity contribution >= 4 is 5.69 Å². The van der Waals surface area contributed by atoms with E-state index in [1.807, 2.05) is 17.0 Å². The molecule has 0 aromatic heterocycles. The molecule has 0 amide bonds. The van der Waals surface area contributed by atoms with Crippen molar-refractivity contribution in [2.24, 2.45) is 0 Å². The number of hydrogen-bond donors (Lipinski definition) is 2. The number of aliphatic hydroxyl groups is 1. The second kappa shape index (κ2) is 6.16. The van der Waals surface area contributed by atoms with Gasteiger partial charge in [0, 0.05) is 19.6 Å². The quantitative estimate of drug-likeness (QED) is 0.786. The van der Waals surface area contributed by atoms with E-state index in [-0.39, 0.29) is 11.9 Å². The van der Waals surface area contributed by atoms with Gasteiger partial charge in [-0.3, -0.25) is 0 Å². The second-order valence-electron chi connectivity index (χ2n) is 4.85. The number of nitrogens with one attached hydrogen (secondary N) is 1.